The highest BCUT2D eigenvalue weighted by molar-refractivity contribution is 6.14. The van der Waals surface area contributed by atoms with Crippen molar-refractivity contribution in [2.75, 3.05) is 7.11 Å². The molecule has 3 aromatic rings. The van der Waals surface area contributed by atoms with E-state index in [9.17, 15) is 19.2 Å². The highest BCUT2D eigenvalue weighted by Crippen LogP contribution is 2.24. The number of ether oxygens (including phenoxy) is 2. The summed E-state index contributed by atoms with van der Waals surface area (Å²) in [5, 5.41) is 2.50. The Morgan fingerprint density at radius 3 is 2.45 bits per heavy atom. The van der Waals surface area contributed by atoms with Crippen molar-refractivity contribution in [2.24, 2.45) is 0 Å². The van der Waals surface area contributed by atoms with E-state index in [1.807, 2.05) is 0 Å². The first-order valence-electron chi connectivity index (χ1n) is 9.84. The maximum absolute atomic E-state index is 12.8. The molecule has 1 aliphatic heterocycles. The molecule has 3 amide bonds. The van der Waals surface area contributed by atoms with Crippen molar-refractivity contribution in [1.82, 2.24) is 10.2 Å². The summed E-state index contributed by atoms with van der Waals surface area (Å²) < 4.78 is 15.4. The first kappa shape index (κ1) is 21.6. The summed E-state index contributed by atoms with van der Waals surface area (Å²) in [7, 11) is 1.22. The molecule has 0 radical (unpaired) electrons. The van der Waals surface area contributed by atoms with Gasteiger partial charge in [0.1, 0.15) is 17.2 Å². The Labute approximate surface area is 188 Å². The molecule has 2 aromatic carbocycles. The third-order valence-electron chi connectivity index (χ3n) is 4.76. The van der Waals surface area contributed by atoms with E-state index in [0.717, 1.165) is 4.90 Å². The van der Waals surface area contributed by atoms with Crippen LogP contribution in [0, 0.1) is 0 Å². The minimum Gasteiger partial charge on any atom is -0.463 e. The van der Waals surface area contributed by atoms with Crippen LogP contribution in [0.4, 0.5) is 4.79 Å². The molecule has 0 atom stereocenters. The number of rotatable bonds is 6. The Morgan fingerprint density at radius 1 is 0.970 bits per heavy atom. The average molecular weight is 446 g/mol. The van der Waals surface area contributed by atoms with Gasteiger partial charge in [-0.15, -0.1) is 0 Å². The van der Waals surface area contributed by atoms with E-state index >= 15 is 0 Å². The standard InChI is InChI=1S/C24H18N2O7/c1-31-23(29)20-12-11-17(32-20)14-26-21(27)18(25-24(26)30)13-16-9-5-6-10-19(16)33-22(28)15-7-3-2-4-8-15/h2-13H,14H2,1H3,(H,25,30)/b18-13+. The van der Waals surface area contributed by atoms with Crippen molar-refractivity contribution < 1.29 is 33.1 Å². The lowest BCUT2D eigenvalue weighted by molar-refractivity contribution is -0.123. The topological polar surface area (TPSA) is 115 Å². The van der Waals surface area contributed by atoms with Gasteiger partial charge < -0.3 is 19.2 Å². The second kappa shape index (κ2) is 9.23. The normalized spacial score (nSPS) is 14.3. The number of imide groups is 1. The molecule has 4 rings (SSSR count). The fraction of sp³-hybridized carbons (Fsp3) is 0.0833. The van der Waals surface area contributed by atoms with Gasteiger partial charge in [-0.05, 0) is 36.4 Å². The second-order valence-corrected chi connectivity index (χ2v) is 6.93. The molecule has 0 spiro atoms. The van der Waals surface area contributed by atoms with Crippen molar-refractivity contribution in [3.05, 3.63) is 95.1 Å². The van der Waals surface area contributed by atoms with Crippen LogP contribution in [-0.4, -0.2) is 35.9 Å². The zero-order valence-electron chi connectivity index (χ0n) is 17.4. The van der Waals surface area contributed by atoms with Gasteiger partial charge in [0.25, 0.3) is 5.91 Å². The fourth-order valence-electron chi connectivity index (χ4n) is 3.13. The van der Waals surface area contributed by atoms with E-state index in [1.165, 1.54) is 25.3 Å². The minimum absolute atomic E-state index is 0.00274. The third kappa shape index (κ3) is 4.67. The smallest absolute Gasteiger partial charge is 0.373 e. The number of hydrogen-bond acceptors (Lipinski definition) is 7. The number of amides is 3. The number of methoxy groups -OCH3 is 1. The monoisotopic (exact) mass is 446 g/mol. The number of benzene rings is 2. The lowest BCUT2D eigenvalue weighted by atomic mass is 10.1. The number of nitrogens with one attached hydrogen (secondary N) is 1. The summed E-state index contributed by atoms with van der Waals surface area (Å²) >= 11 is 0. The third-order valence-corrected chi connectivity index (χ3v) is 4.76. The molecular weight excluding hydrogens is 428 g/mol. The van der Waals surface area contributed by atoms with Crippen LogP contribution >= 0.6 is 0 Å². The molecule has 0 saturated carbocycles. The van der Waals surface area contributed by atoms with Crippen LogP contribution in [-0.2, 0) is 16.1 Å². The van der Waals surface area contributed by atoms with Crippen LogP contribution in [0.25, 0.3) is 6.08 Å². The second-order valence-electron chi connectivity index (χ2n) is 6.93. The van der Waals surface area contributed by atoms with Crippen molar-refractivity contribution in [3.8, 4) is 5.75 Å². The van der Waals surface area contributed by atoms with Crippen molar-refractivity contribution in [3.63, 3.8) is 0 Å². The molecule has 1 aromatic heterocycles. The van der Waals surface area contributed by atoms with Gasteiger partial charge in [0, 0.05) is 5.56 Å². The molecule has 0 aliphatic carbocycles. The van der Waals surface area contributed by atoms with Gasteiger partial charge in [-0.1, -0.05) is 36.4 Å². The highest BCUT2D eigenvalue weighted by atomic mass is 16.5. The van der Waals surface area contributed by atoms with E-state index in [2.05, 4.69) is 10.1 Å². The van der Waals surface area contributed by atoms with E-state index in [4.69, 9.17) is 9.15 Å². The number of furan rings is 1. The molecular formula is C24H18N2O7. The van der Waals surface area contributed by atoms with Gasteiger partial charge in [-0.25, -0.2) is 14.4 Å². The molecule has 9 nitrogen and oxygen atoms in total. The van der Waals surface area contributed by atoms with Crippen LogP contribution in [0.15, 0.2) is 76.8 Å². The lowest BCUT2D eigenvalue weighted by Gasteiger charge is -2.09. The Bertz CT molecular complexity index is 1260. The maximum Gasteiger partial charge on any atom is 0.373 e. The summed E-state index contributed by atoms with van der Waals surface area (Å²) in [6.45, 7) is -0.177. The molecule has 33 heavy (non-hydrogen) atoms. The maximum atomic E-state index is 12.8. The van der Waals surface area contributed by atoms with Gasteiger partial charge >= 0.3 is 18.0 Å². The fourth-order valence-corrected chi connectivity index (χ4v) is 3.13. The van der Waals surface area contributed by atoms with Crippen LogP contribution in [0.2, 0.25) is 0 Å². The van der Waals surface area contributed by atoms with Crippen molar-refractivity contribution >= 4 is 30.0 Å². The van der Waals surface area contributed by atoms with Gasteiger partial charge in [-0.2, -0.15) is 0 Å². The molecule has 1 N–H and O–H groups in total. The first-order chi connectivity index (χ1) is 16.0. The van der Waals surface area contributed by atoms with Crippen molar-refractivity contribution in [1.29, 1.82) is 0 Å². The number of nitrogens with zero attached hydrogens (tertiary/aromatic N) is 1. The molecule has 1 aliphatic rings. The molecule has 1 fully saturated rings. The molecule has 166 valence electrons. The number of esters is 2. The summed E-state index contributed by atoms with van der Waals surface area (Å²) in [6, 6.07) is 17.3. The quantitative estimate of drug-likeness (QED) is 0.267. The predicted octanol–water partition coefficient (Wildman–Crippen LogP) is 3.38. The van der Waals surface area contributed by atoms with E-state index in [-0.39, 0.29) is 29.5 Å². The summed E-state index contributed by atoms with van der Waals surface area (Å²) in [5.74, 6) is -1.39. The number of urea groups is 1. The van der Waals surface area contributed by atoms with Crippen LogP contribution < -0.4 is 10.1 Å². The van der Waals surface area contributed by atoms with Gasteiger partial charge in [0.05, 0.1) is 19.2 Å². The molecule has 1 saturated heterocycles. The predicted molar refractivity (Wildman–Crippen MR) is 115 cm³/mol. The zero-order valence-corrected chi connectivity index (χ0v) is 17.4. The lowest BCUT2D eigenvalue weighted by Crippen LogP contribution is -2.30. The Hall–Kier alpha value is -4.66. The number of carbonyl (C=O) groups is 4. The number of hydrogen-bond donors (Lipinski definition) is 1. The summed E-state index contributed by atoms with van der Waals surface area (Å²) in [6.07, 6.45) is 1.43. The highest BCUT2D eigenvalue weighted by Gasteiger charge is 2.34. The number of carbonyl (C=O) groups excluding carboxylic acids is 4. The zero-order chi connectivity index (χ0) is 23.4. The molecule has 0 unspecified atom stereocenters. The van der Waals surface area contributed by atoms with Crippen LogP contribution in [0.1, 0.15) is 32.2 Å². The van der Waals surface area contributed by atoms with Crippen LogP contribution in [0.3, 0.4) is 0 Å². The van der Waals surface area contributed by atoms with E-state index in [0.29, 0.717) is 11.1 Å². The molecule has 2 heterocycles. The van der Waals surface area contributed by atoms with Gasteiger partial charge in [0.15, 0.2) is 0 Å². The van der Waals surface area contributed by atoms with Crippen molar-refractivity contribution in [2.45, 2.75) is 6.54 Å². The summed E-state index contributed by atoms with van der Waals surface area (Å²) in [5.41, 5.74) is 0.808. The van der Waals surface area contributed by atoms with E-state index in [1.54, 1.807) is 54.6 Å². The number of para-hydroxylation sites is 1. The minimum atomic E-state index is -0.666. The van der Waals surface area contributed by atoms with E-state index < -0.39 is 23.9 Å². The van der Waals surface area contributed by atoms with Gasteiger partial charge in [-0.3, -0.25) is 9.69 Å². The average Bonchev–Trinajstić information content (AvgIpc) is 3.41. The SMILES string of the molecule is COC(=O)c1ccc(CN2C(=O)N/C(=C/c3ccccc3OC(=O)c3ccccc3)C2=O)o1. The largest absolute Gasteiger partial charge is 0.463 e. The Kier molecular flexibility index (Phi) is 6.03. The van der Waals surface area contributed by atoms with Crippen LogP contribution in [0.5, 0.6) is 5.75 Å². The molecule has 9 heteroatoms. The first-order valence-corrected chi connectivity index (χ1v) is 9.84. The molecule has 0 bridgehead atoms. The Balaban J connectivity index is 1.52. The van der Waals surface area contributed by atoms with Gasteiger partial charge in [0.2, 0.25) is 5.76 Å². The Morgan fingerprint density at radius 2 is 1.70 bits per heavy atom. The summed E-state index contributed by atoms with van der Waals surface area (Å²) in [4.78, 5) is 50.1.